The van der Waals surface area contributed by atoms with Crippen LogP contribution in [0.25, 0.3) is 0 Å². The van der Waals surface area contributed by atoms with Gasteiger partial charge in [-0.2, -0.15) is 11.8 Å². The van der Waals surface area contributed by atoms with Crippen molar-refractivity contribution in [2.45, 2.75) is 41.4 Å². The second kappa shape index (κ2) is 6.59. The fourth-order valence-electron chi connectivity index (χ4n) is 3.72. The van der Waals surface area contributed by atoms with Crippen LogP contribution < -0.4 is 16.1 Å². The standard InChI is InChI=1S/C16H24N4O2S2/c1-24(21,22)13-6-4-11(5-7-13)15-18-14-9-17-20(16(14)19-15)10-12-3-2-8-23-12/h4-7,12,14-19H,2-3,8-10H2,1H3. The lowest BCUT2D eigenvalue weighted by Gasteiger charge is -2.26. The van der Waals surface area contributed by atoms with Gasteiger partial charge in [0.2, 0.25) is 0 Å². The van der Waals surface area contributed by atoms with Crippen molar-refractivity contribution in [1.82, 2.24) is 21.1 Å². The molecule has 0 spiro atoms. The zero-order chi connectivity index (χ0) is 16.7. The molecule has 3 aliphatic rings. The van der Waals surface area contributed by atoms with Crippen LogP contribution in [0.1, 0.15) is 24.6 Å². The van der Waals surface area contributed by atoms with E-state index in [4.69, 9.17) is 0 Å². The van der Waals surface area contributed by atoms with Crippen molar-refractivity contribution in [3.8, 4) is 0 Å². The van der Waals surface area contributed by atoms with E-state index in [2.05, 4.69) is 32.8 Å². The normalized spacial score (nSPS) is 33.9. The topological polar surface area (TPSA) is 73.5 Å². The summed E-state index contributed by atoms with van der Waals surface area (Å²) in [5.41, 5.74) is 4.58. The number of nitrogens with one attached hydrogen (secondary N) is 3. The highest BCUT2D eigenvalue weighted by molar-refractivity contribution is 8.00. The first-order chi connectivity index (χ1) is 11.5. The zero-order valence-corrected chi connectivity index (χ0v) is 15.4. The van der Waals surface area contributed by atoms with Gasteiger partial charge >= 0.3 is 0 Å². The van der Waals surface area contributed by atoms with Gasteiger partial charge in [-0.15, -0.1) is 0 Å². The van der Waals surface area contributed by atoms with Crippen molar-refractivity contribution in [3.05, 3.63) is 29.8 Å². The van der Waals surface area contributed by atoms with Gasteiger partial charge in [-0.25, -0.2) is 13.4 Å². The predicted molar refractivity (Wildman–Crippen MR) is 96.3 cm³/mol. The number of hydrogen-bond acceptors (Lipinski definition) is 7. The first kappa shape index (κ1) is 16.8. The third-order valence-electron chi connectivity index (χ3n) is 5.02. The number of rotatable bonds is 4. The molecule has 1 aromatic carbocycles. The van der Waals surface area contributed by atoms with Crippen molar-refractivity contribution in [2.24, 2.45) is 0 Å². The fourth-order valence-corrected chi connectivity index (χ4v) is 5.61. The third-order valence-corrected chi connectivity index (χ3v) is 7.52. The molecule has 3 heterocycles. The van der Waals surface area contributed by atoms with Gasteiger partial charge < -0.3 is 0 Å². The van der Waals surface area contributed by atoms with Gasteiger partial charge in [-0.1, -0.05) is 12.1 Å². The van der Waals surface area contributed by atoms with Crippen molar-refractivity contribution in [2.75, 3.05) is 25.1 Å². The molecule has 0 aliphatic carbocycles. The molecule has 3 saturated heterocycles. The van der Waals surface area contributed by atoms with Gasteiger partial charge in [-0.3, -0.25) is 16.1 Å². The van der Waals surface area contributed by atoms with E-state index >= 15 is 0 Å². The Hall–Kier alpha value is -0.640. The summed E-state index contributed by atoms with van der Waals surface area (Å²) in [5.74, 6) is 1.29. The van der Waals surface area contributed by atoms with E-state index in [-0.39, 0.29) is 12.3 Å². The summed E-state index contributed by atoms with van der Waals surface area (Å²) in [5, 5.41) is 10.3. The monoisotopic (exact) mass is 368 g/mol. The highest BCUT2D eigenvalue weighted by Crippen LogP contribution is 2.29. The molecule has 0 saturated carbocycles. The molecule has 0 amide bonds. The molecule has 0 bridgehead atoms. The minimum Gasteiger partial charge on any atom is -0.291 e. The number of hydrazine groups is 1. The molecule has 1 aromatic rings. The molecule has 0 radical (unpaired) electrons. The Morgan fingerprint density at radius 2 is 2.04 bits per heavy atom. The minimum absolute atomic E-state index is 0.0643. The summed E-state index contributed by atoms with van der Waals surface area (Å²) in [6, 6.07) is 7.54. The molecule has 4 unspecified atom stereocenters. The number of hydrogen-bond donors (Lipinski definition) is 3. The van der Waals surface area contributed by atoms with Crippen molar-refractivity contribution in [3.63, 3.8) is 0 Å². The predicted octanol–water partition coefficient (Wildman–Crippen LogP) is 0.692. The third kappa shape index (κ3) is 3.36. The molecule has 4 atom stereocenters. The number of nitrogens with zero attached hydrogens (tertiary/aromatic N) is 1. The van der Waals surface area contributed by atoms with Crippen LogP contribution in [0.4, 0.5) is 0 Å². The van der Waals surface area contributed by atoms with E-state index in [0.717, 1.165) is 23.9 Å². The fraction of sp³-hybridized carbons (Fsp3) is 0.625. The number of fused-ring (bicyclic) bond motifs is 1. The number of thioether (sulfide) groups is 1. The molecular formula is C16H24N4O2S2. The number of benzene rings is 1. The van der Waals surface area contributed by atoms with Crippen molar-refractivity contribution >= 4 is 21.6 Å². The molecule has 0 aromatic heterocycles. The highest BCUT2D eigenvalue weighted by Gasteiger charge is 2.42. The zero-order valence-electron chi connectivity index (χ0n) is 13.7. The van der Waals surface area contributed by atoms with Gasteiger partial charge in [0.15, 0.2) is 9.84 Å². The van der Waals surface area contributed by atoms with Crippen molar-refractivity contribution < 1.29 is 8.42 Å². The molecule has 8 heteroatoms. The molecule has 24 heavy (non-hydrogen) atoms. The lowest BCUT2D eigenvalue weighted by molar-refractivity contribution is 0.165. The lowest BCUT2D eigenvalue weighted by atomic mass is 10.2. The van der Waals surface area contributed by atoms with E-state index in [1.54, 1.807) is 12.1 Å². The average molecular weight is 369 g/mol. The Bertz CT molecular complexity index is 689. The van der Waals surface area contributed by atoms with Crippen LogP contribution in [0.15, 0.2) is 29.2 Å². The Morgan fingerprint density at radius 3 is 2.71 bits per heavy atom. The Labute approximate surface area is 147 Å². The first-order valence-electron chi connectivity index (χ1n) is 8.44. The highest BCUT2D eigenvalue weighted by atomic mass is 32.2. The van der Waals surface area contributed by atoms with Gasteiger partial charge in [0, 0.05) is 24.6 Å². The van der Waals surface area contributed by atoms with E-state index < -0.39 is 9.84 Å². The second-order valence-corrected chi connectivity index (χ2v) is 10.2. The second-order valence-electron chi connectivity index (χ2n) is 6.81. The molecule has 4 rings (SSSR count). The van der Waals surface area contributed by atoms with E-state index in [1.807, 2.05) is 12.1 Å². The van der Waals surface area contributed by atoms with Crippen LogP contribution in [0, 0.1) is 0 Å². The molecule has 6 nitrogen and oxygen atoms in total. The lowest BCUT2D eigenvalue weighted by Crippen LogP contribution is -2.48. The van der Waals surface area contributed by atoms with Crippen LogP contribution in [0.3, 0.4) is 0 Å². The van der Waals surface area contributed by atoms with Gasteiger partial charge in [0.05, 0.1) is 23.3 Å². The maximum atomic E-state index is 11.6. The summed E-state index contributed by atoms with van der Waals surface area (Å²) < 4.78 is 23.2. The SMILES string of the molecule is CS(=O)(=O)c1ccc(C2NC3CNN(CC4CCCS4)C3N2)cc1. The van der Waals surface area contributed by atoms with Crippen LogP contribution in [-0.4, -0.2) is 56.0 Å². The summed E-state index contributed by atoms with van der Waals surface area (Å²) in [4.78, 5) is 0.367. The molecule has 3 fully saturated rings. The largest absolute Gasteiger partial charge is 0.291 e. The minimum atomic E-state index is -3.14. The Morgan fingerprint density at radius 1 is 1.25 bits per heavy atom. The van der Waals surface area contributed by atoms with Gasteiger partial charge in [-0.05, 0) is 36.3 Å². The van der Waals surface area contributed by atoms with Gasteiger partial charge in [0.25, 0.3) is 0 Å². The first-order valence-corrected chi connectivity index (χ1v) is 11.4. The van der Waals surface area contributed by atoms with Crippen LogP contribution in [0.2, 0.25) is 0 Å². The summed E-state index contributed by atoms with van der Waals surface area (Å²) in [6.07, 6.45) is 4.23. The van der Waals surface area contributed by atoms with E-state index in [1.165, 1.54) is 24.9 Å². The number of sulfone groups is 1. The van der Waals surface area contributed by atoms with Crippen molar-refractivity contribution in [1.29, 1.82) is 0 Å². The molecule has 3 N–H and O–H groups in total. The Balaban J connectivity index is 1.42. The molecular weight excluding hydrogens is 344 g/mol. The maximum Gasteiger partial charge on any atom is 0.175 e. The van der Waals surface area contributed by atoms with Crippen LogP contribution >= 0.6 is 11.8 Å². The summed E-state index contributed by atoms with van der Waals surface area (Å²) in [6.45, 7) is 1.99. The summed E-state index contributed by atoms with van der Waals surface area (Å²) in [7, 11) is -3.14. The van der Waals surface area contributed by atoms with Gasteiger partial charge in [0.1, 0.15) is 0 Å². The average Bonchev–Trinajstić information content (AvgIpc) is 3.26. The Kier molecular flexibility index (Phi) is 4.61. The van der Waals surface area contributed by atoms with E-state index in [0.29, 0.717) is 10.9 Å². The van der Waals surface area contributed by atoms with Crippen LogP contribution in [-0.2, 0) is 9.84 Å². The van der Waals surface area contributed by atoms with E-state index in [9.17, 15) is 8.42 Å². The summed E-state index contributed by atoms with van der Waals surface area (Å²) >= 11 is 2.08. The maximum absolute atomic E-state index is 11.6. The quantitative estimate of drug-likeness (QED) is 0.722. The molecule has 132 valence electrons. The van der Waals surface area contributed by atoms with Crippen LogP contribution in [0.5, 0.6) is 0 Å². The smallest absolute Gasteiger partial charge is 0.175 e. The molecule has 3 aliphatic heterocycles.